The van der Waals surface area contributed by atoms with E-state index in [1.807, 2.05) is 0 Å². The number of rotatable bonds is 5. The Morgan fingerprint density at radius 3 is 2.44 bits per heavy atom. The molecule has 0 amide bonds. The summed E-state index contributed by atoms with van der Waals surface area (Å²) < 4.78 is 0. The summed E-state index contributed by atoms with van der Waals surface area (Å²) in [5, 5.41) is 7.24. The third kappa shape index (κ3) is 4.87. The third-order valence-corrected chi connectivity index (χ3v) is 4.34. The minimum Gasteiger partial charge on any atom is -0.314 e. The van der Waals surface area contributed by atoms with E-state index in [1.54, 1.807) is 0 Å². The van der Waals surface area contributed by atoms with E-state index in [0.717, 1.165) is 19.1 Å². The zero-order valence-electron chi connectivity index (χ0n) is 12.3. The molecule has 1 heterocycles. The van der Waals surface area contributed by atoms with E-state index in [-0.39, 0.29) is 0 Å². The number of nitrogens with zero attached hydrogens (tertiary/aromatic N) is 1. The smallest absolute Gasteiger partial charge is 0.0108 e. The molecule has 2 N–H and O–H groups in total. The van der Waals surface area contributed by atoms with Crippen LogP contribution in [0.5, 0.6) is 0 Å². The van der Waals surface area contributed by atoms with Crippen LogP contribution in [0, 0.1) is 5.41 Å². The first-order valence-electron chi connectivity index (χ1n) is 7.82. The third-order valence-electron chi connectivity index (χ3n) is 4.34. The summed E-state index contributed by atoms with van der Waals surface area (Å²) in [5.74, 6) is 0. The van der Waals surface area contributed by atoms with E-state index in [0.29, 0.717) is 5.41 Å². The summed E-state index contributed by atoms with van der Waals surface area (Å²) in [7, 11) is 0. The van der Waals surface area contributed by atoms with Crippen LogP contribution in [-0.2, 0) is 0 Å². The molecule has 0 radical (unpaired) electrons. The predicted molar refractivity (Wildman–Crippen MR) is 78.0 cm³/mol. The van der Waals surface area contributed by atoms with Gasteiger partial charge < -0.3 is 15.5 Å². The normalized spacial score (nSPS) is 24.3. The first kappa shape index (κ1) is 14.3. The first-order chi connectivity index (χ1) is 8.66. The molecule has 1 saturated carbocycles. The van der Waals surface area contributed by atoms with Gasteiger partial charge in [0.25, 0.3) is 0 Å². The van der Waals surface area contributed by atoms with Crippen LogP contribution in [-0.4, -0.2) is 50.2 Å². The van der Waals surface area contributed by atoms with Gasteiger partial charge in [0.15, 0.2) is 0 Å². The average Bonchev–Trinajstić information content (AvgIpc) is 2.38. The Morgan fingerprint density at radius 1 is 1.11 bits per heavy atom. The van der Waals surface area contributed by atoms with Crippen LogP contribution in [0.1, 0.15) is 46.0 Å². The molecule has 0 aromatic rings. The summed E-state index contributed by atoms with van der Waals surface area (Å²) in [5.41, 5.74) is 0.398. The lowest BCUT2D eigenvalue weighted by molar-refractivity contribution is 0.152. The van der Waals surface area contributed by atoms with Crippen LogP contribution in [0.15, 0.2) is 0 Å². The maximum absolute atomic E-state index is 3.81. The molecule has 2 fully saturated rings. The average molecular weight is 253 g/mol. The number of hydrogen-bond acceptors (Lipinski definition) is 3. The Kier molecular flexibility index (Phi) is 5.46. The largest absolute Gasteiger partial charge is 0.314 e. The van der Waals surface area contributed by atoms with Crippen molar-refractivity contribution in [1.29, 1.82) is 0 Å². The molecule has 0 aromatic carbocycles. The molecule has 1 saturated heterocycles. The summed E-state index contributed by atoms with van der Waals surface area (Å²) in [6.07, 6.45) is 7.08. The van der Waals surface area contributed by atoms with Gasteiger partial charge in [0.1, 0.15) is 0 Å². The molecule has 106 valence electrons. The van der Waals surface area contributed by atoms with Crippen LogP contribution in [0.2, 0.25) is 0 Å². The van der Waals surface area contributed by atoms with Crippen molar-refractivity contribution in [3.8, 4) is 0 Å². The fourth-order valence-corrected chi connectivity index (χ4v) is 3.26. The Bertz CT molecular complexity index is 228. The van der Waals surface area contributed by atoms with Gasteiger partial charge in [0.2, 0.25) is 0 Å². The molecular formula is C15H31N3. The highest BCUT2D eigenvalue weighted by Gasteiger charge is 2.24. The van der Waals surface area contributed by atoms with Gasteiger partial charge in [-0.05, 0) is 18.3 Å². The summed E-state index contributed by atoms with van der Waals surface area (Å²) >= 11 is 0. The molecule has 3 heteroatoms. The molecule has 2 aliphatic rings. The predicted octanol–water partition coefficient (Wildman–Crippen LogP) is 1.84. The van der Waals surface area contributed by atoms with Crippen LogP contribution >= 0.6 is 0 Å². The Balaban J connectivity index is 1.68. The molecule has 1 aliphatic carbocycles. The molecule has 2 rings (SSSR count). The van der Waals surface area contributed by atoms with Crippen molar-refractivity contribution in [2.75, 3.05) is 39.3 Å². The van der Waals surface area contributed by atoms with Gasteiger partial charge in [-0.2, -0.15) is 0 Å². The van der Waals surface area contributed by atoms with Gasteiger partial charge in [-0.1, -0.05) is 33.1 Å². The maximum Gasteiger partial charge on any atom is 0.0108 e. The van der Waals surface area contributed by atoms with Crippen LogP contribution in [0.3, 0.4) is 0 Å². The molecule has 0 atom stereocenters. The molecule has 18 heavy (non-hydrogen) atoms. The van der Waals surface area contributed by atoms with E-state index in [2.05, 4.69) is 29.4 Å². The zero-order chi connectivity index (χ0) is 12.8. The van der Waals surface area contributed by atoms with E-state index >= 15 is 0 Å². The van der Waals surface area contributed by atoms with Crippen molar-refractivity contribution in [2.24, 2.45) is 5.41 Å². The van der Waals surface area contributed by atoms with Crippen molar-refractivity contribution in [3.05, 3.63) is 0 Å². The zero-order valence-corrected chi connectivity index (χ0v) is 12.3. The highest BCUT2D eigenvalue weighted by molar-refractivity contribution is 4.81. The van der Waals surface area contributed by atoms with Crippen molar-refractivity contribution >= 4 is 0 Å². The van der Waals surface area contributed by atoms with Crippen molar-refractivity contribution < 1.29 is 0 Å². The van der Waals surface area contributed by atoms with E-state index in [9.17, 15) is 0 Å². The lowest BCUT2D eigenvalue weighted by atomic mass is 9.90. The lowest BCUT2D eigenvalue weighted by Crippen LogP contribution is -2.49. The van der Waals surface area contributed by atoms with E-state index < -0.39 is 0 Å². The van der Waals surface area contributed by atoms with Gasteiger partial charge in [-0.25, -0.2) is 0 Å². The summed E-state index contributed by atoms with van der Waals surface area (Å²) in [6, 6.07) is 0.793. The quantitative estimate of drug-likeness (QED) is 0.783. The van der Waals surface area contributed by atoms with Crippen LogP contribution in [0.25, 0.3) is 0 Å². The fourth-order valence-electron chi connectivity index (χ4n) is 3.26. The minimum atomic E-state index is 0.398. The second-order valence-electron chi connectivity index (χ2n) is 6.91. The molecule has 0 unspecified atom stereocenters. The number of hydrogen-bond donors (Lipinski definition) is 2. The Morgan fingerprint density at radius 2 is 1.78 bits per heavy atom. The van der Waals surface area contributed by atoms with Gasteiger partial charge >= 0.3 is 0 Å². The van der Waals surface area contributed by atoms with Crippen LogP contribution in [0.4, 0.5) is 0 Å². The maximum atomic E-state index is 3.81. The highest BCUT2D eigenvalue weighted by atomic mass is 15.2. The van der Waals surface area contributed by atoms with Crippen molar-refractivity contribution in [3.63, 3.8) is 0 Å². The van der Waals surface area contributed by atoms with Gasteiger partial charge in [0.05, 0.1) is 0 Å². The SMILES string of the molecule is CC(C)(CNC1CCCCC1)CN1CCNCC1. The summed E-state index contributed by atoms with van der Waals surface area (Å²) in [4.78, 5) is 2.61. The number of nitrogens with one attached hydrogen (secondary N) is 2. The first-order valence-corrected chi connectivity index (χ1v) is 7.82. The molecule has 0 bridgehead atoms. The van der Waals surface area contributed by atoms with Crippen LogP contribution < -0.4 is 10.6 Å². The molecule has 1 aliphatic heterocycles. The summed E-state index contributed by atoms with van der Waals surface area (Å²) in [6.45, 7) is 12.0. The van der Waals surface area contributed by atoms with E-state index in [4.69, 9.17) is 0 Å². The lowest BCUT2D eigenvalue weighted by Gasteiger charge is -2.36. The van der Waals surface area contributed by atoms with Gasteiger partial charge in [0, 0.05) is 45.3 Å². The Labute approximate surface area is 113 Å². The topological polar surface area (TPSA) is 27.3 Å². The Hall–Kier alpha value is -0.120. The molecule has 0 spiro atoms. The number of piperazine rings is 1. The highest BCUT2D eigenvalue weighted by Crippen LogP contribution is 2.20. The van der Waals surface area contributed by atoms with Gasteiger partial charge in [-0.15, -0.1) is 0 Å². The van der Waals surface area contributed by atoms with Gasteiger partial charge in [-0.3, -0.25) is 0 Å². The second kappa shape index (κ2) is 6.88. The molecule has 0 aromatic heterocycles. The second-order valence-corrected chi connectivity index (χ2v) is 6.91. The monoisotopic (exact) mass is 253 g/mol. The van der Waals surface area contributed by atoms with Crippen molar-refractivity contribution in [2.45, 2.75) is 52.0 Å². The standard InChI is InChI=1S/C15H31N3/c1-15(2,13-18-10-8-16-9-11-18)12-17-14-6-4-3-5-7-14/h14,16-17H,3-13H2,1-2H3. The molecular weight excluding hydrogens is 222 g/mol. The van der Waals surface area contributed by atoms with E-state index in [1.165, 1.54) is 58.3 Å². The fraction of sp³-hybridized carbons (Fsp3) is 1.00. The molecule has 3 nitrogen and oxygen atoms in total. The minimum absolute atomic E-state index is 0.398. The van der Waals surface area contributed by atoms with Crippen molar-refractivity contribution in [1.82, 2.24) is 15.5 Å².